The van der Waals surface area contributed by atoms with Gasteiger partial charge in [0.05, 0.1) is 10.2 Å². The minimum Gasteiger partial charge on any atom is -0.255 e. The summed E-state index contributed by atoms with van der Waals surface area (Å²) in [6, 6.07) is 10.3. The molecular formula is C12H9Br2N. The van der Waals surface area contributed by atoms with E-state index in [2.05, 4.69) is 68.0 Å². The molecule has 0 fully saturated rings. The smallest absolute Gasteiger partial charge is 0.0855 e. The van der Waals surface area contributed by atoms with Gasteiger partial charge in [0.15, 0.2) is 0 Å². The first-order valence-electron chi connectivity index (χ1n) is 4.55. The van der Waals surface area contributed by atoms with Gasteiger partial charge in [-0.2, -0.15) is 0 Å². The van der Waals surface area contributed by atoms with Crippen molar-refractivity contribution in [2.24, 2.45) is 0 Å². The van der Waals surface area contributed by atoms with Crippen LogP contribution in [0.4, 0.5) is 0 Å². The van der Waals surface area contributed by atoms with Crippen LogP contribution in [0.25, 0.3) is 11.3 Å². The highest BCUT2D eigenvalue weighted by Gasteiger charge is 2.06. The predicted molar refractivity (Wildman–Crippen MR) is 69.8 cm³/mol. The van der Waals surface area contributed by atoms with Crippen LogP contribution >= 0.6 is 31.9 Å². The van der Waals surface area contributed by atoms with Crippen molar-refractivity contribution in [3.05, 3.63) is 51.0 Å². The minimum atomic E-state index is 0.962. The third-order valence-corrected chi connectivity index (χ3v) is 4.16. The van der Waals surface area contributed by atoms with Crippen LogP contribution in [0.2, 0.25) is 0 Å². The summed E-state index contributed by atoms with van der Waals surface area (Å²) in [4.78, 5) is 4.36. The molecule has 0 spiro atoms. The Balaban J connectivity index is 2.54. The van der Waals surface area contributed by atoms with E-state index in [4.69, 9.17) is 0 Å². The quantitative estimate of drug-likeness (QED) is 0.747. The maximum absolute atomic E-state index is 4.36. The first-order chi connectivity index (χ1) is 7.18. The second kappa shape index (κ2) is 4.45. The molecule has 15 heavy (non-hydrogen) atoms. The summed E-state index contributed by atoms with van der Waals surface area (Å²) in [6.07, 6.45) is 1.80. The second-order valence-corrected chi connectivity index (χ2v) is 4.97. The monoisotopic (exact) mass is 325 g/mol. The number of halogens is 2. The standard InChI is InChI=1S/C12H9Br2N/c1-8-2-4-9(5-3-8)12-11(14)10(13)6-7-15-12/h2-7H,1H3. The molecular weight excluding hydrogens is 318 g/mol. The van der Waals surface area contributed by atoms with Crippen molar-refractivity contribution in [3.8, 4) is 11.3 Å². The molecule has 0 amide bonds. The summed E-state index contributed by atoms with van der Waals surface area (Å²) in [5.74, 6) is 0. The number of hydrogen-bond acceptors (Lipinski definition) is 1. The molecule has 2 rings (SSSR count). The van der Waals surface area contributed by atoms with Gasteiger partial charge in [-0.15, -0.1) is 0 Å². The Morgan fingerprint density at radius 1 is 1.00 bits per heavy atom. The Bertz CT molecular complexity index is 477. The fourth-order valence-corrected chi connectivity index (χ4v) is 2.10. The molecule has 0 N–H and O–H groups in total. The van der Waals surface area contributed by atoms with E-state index in [0.717, 1.165) is 20.2 Å². The average molecular weight is 327 g/mol. The van der Waals surface area contributed by atoms with Gasteiger partial charge in [-0.3, -0.25) is 4.98 Å². The molecule has 0 saturated heterocycles. The number of pyridine rings is 1. The first kappa shape index (κ1) is 10.8. The third kappa shape index (κ3) is 2.29. The first-order valence-corrected chi connectivity index (χ1v) is 6.14. The Labute approximate surface area is 106 Å². The fourth-order valence-electron chi connectivity index (χ4n) is 1.33. The molecule has 0 aliphatic rings. The van der Waals surface area contributed by atoms with Crippen molar-refractivity contribution in [2.75, 3.05) is 0 Å². The summed E-state index contributed by atoms with van der Waals surface area (Å²) in [5, 5.41) is 0. The van der Waals surface area contributed by atoms with Crippen LogP contribution in [-0.4, -0.2) is 4.98 Å². The van der Waals surface area contributed by atoms with Gasteiger partial charge in [0.25, 0.3) is 0 Å². The molecule has 0 aliphatic carbocycles. The SMILES string of the molecule is Cc1ccc(-c2nccc(Br)c2Br)cc1. The van der Waals surface area contributed by atoms with E-state index in [9.17, 15) is 0 Å². The Morgan fingerprint density at radius 3 is 2.33 bits per heavy atom. The summed E-state index contributed by atoms with van der Waals surface area (Å²) in [5.41, 5.74) is 3.34. The topological polar surface area (TPSA) is 12.9 Å². The van der Waals surface area contributed by atoms with Crippen LogP contribution < -0.4 is 0 Å². The van der Waals surface area contributed by atoms with E-state index >= 15 is 0 Å². The number of aromatic nitrogens is 1. The van der Waals surface area contributed by atoms with E-state index in [0.29, 0.717) is 0 Å². The van der Waals surface area contributed by atoms with Crippen LogP contribution in [0, 0.1) is 6.92 Å². The van der Waals surface area contributed by atoms with E-state index in [1.807, 2.05) is 6.07 Å². The Kier molecular flexibility index (Phi) is 3.22. The summed E-state index contributed by atoms with van der Waals surface area (Å²) >= 11 is 7.00. The number of hydrogen-bond donors (Lipinski definition) is 0. The zero-order valence-corrected chi connectivity index (χ0v) is 11.3. The third-order valence-electron chi connectivity index (χ3n) is 2.17. The molecule has 1 heterocycles. The predicted octanol–water partition coefficient (Wildman–Crippen LogP) is 4.58. The zero-order chi connectivity index (χ0) is 10.8. The van der Waals surface area contributed by atoms with E-state index < -0.39 is 0 Å². The van der Waals surface area contributed by atoms with Crippen LogP contribution in [0.15, 0.2) is 45.5 Å². The van der Waals surface area contributed by atoms with Crippen molar-refractivity contribution in [1.82, 2.24) is 4.98 Å². The van der Waals surface area contributed by atoms with Crippen molar-refractivity contribution < 1.29 is 0 Å². The molecule has 1 aromatic carbocycles. The van der Waals surface area contributed by atoms with E-state index in [1.54, 1.807) is 6.20 Å². The van der Waals surface area contributed by atoms with Gasteiger partial charge in [-0.25, -0.2) is 0 Å². The Hall–Kier alpha value is -0.670. The van der Waals surface area contributed by atoms with Gasteiger partial charge in [-0.05, 0) is 44.8 Å². The zero-order valence-electron chi connectivity index (χ0n) is 8.17. The molecule has 0 bridgehead atoms. The highest BCUT2D eigenvalue weighted by molar-refractivity contribution is 9.13. The van der Waals surface area contributed by atoms with Crippen molar-refractivity contribution >= 4 is 31.9 Å². The van der Waals surface area contributed by atoms with Gasteiger partial charge in [0.1, 0.15) is 0 Å². The summed E-state index contributed by atoms with van der Waals surface area (Å²) in [6.45, 7) is 2.08. The summed E-state index contributed by atoms with van der Waals surface area (Å²) < 4.78 is 2.02. The lowest BCUT2D eigenvalue weighted by atomic mass is 10.1. The van der Waals surface area contributed by atoms with E-state index in [-0.39, 0.29) is 0 Å². The van der Waals surface area contributed by atoms with Crippen LogP contribution in [0.5, 0.6) is 0 Å². The molecule has 3 heteroatoms. The van der Waals surface area contributed by atoms with Crippen molar-refractivity contribution in [1.29, 1.82) is 0 Å². The lowest BCUT2D eigenvalue weighted by Gasteiger charge is -2.05. The molecule has 1 nitrogen and oxygen atoms in total. The van der Waals surface area contributed by atoms with Gasteiger partial charge in [0.2, 0.25) is 0 Å². The largest absolute Gasteiger partial charge is 0.255 e. The van der Waals surface area contributed by atoms with Gasteiger partial charge >= 0.3 is 0 Å². The highest BCUT2D eigenvalue weighted by Crippen LogP contribution is 2.31. The van der Waals surface area contributed by atoms with E-state index in [1.165, 1.54) is 5.56 Å². The maximum atomic E-state index is 4.36. The lowest BCUT2D eigenvalue weighted by molar-refractivity contribution is 1.29. The highest BCUT2D eigenvalue weighted by atomic mass is 79.9. The maximum Gasteiger partial charge on any atom is 0.0855 e. The number of aryl methyl sites for hydroxylation is 1. The number of benzene rings is 1. The van der Waals surface area contributed by atoms with Crippen LogP contribution in [0.3, 0.4) is 0 Å². The number of nitrogens with zero attached hydrogens (tertiary/aromatic N) is 1. The fraction of sp³-hybridized carbons (Fsp3) is 0.0833. The normalized spacial score (nSPS) is 10.3. The average Bonchev–Trinajstić information content (AvgIpc) is 2.24. The van der Waals surface area contributed by atoms with Gasteiger partial charge in [0, 0.05) is 16.2 Å². The van der Waals surface area contributed by atoms with Gasteiger partial charge in [-0.1, -0.05) is 29.8 Å². The molecule has 0 radical (unpaired) electrons. The van der Waals surface area contributed by atoms with Crippen LogP contribution in [-0.2, 0) is 0 Å². The molecule has 2 aromatic rings. The molecule has 0 unspecified atom stereocenters. The van der Waals surface area contributed by atoms with Crippen molar-refractivity contribution in [2.45, 2.75) is 6.92 Å². The molecule has 0 aliphatic heterocycles. The molecule has 76 valence electrons. The van der Waals surface area contributed by atoms with Crippen LogP contribution in [0.1, 0.15) is 5.56 Å². The Morgan fingerprint density at radius 2 is 1.67 bits per heavy atom. The molecule has 0 saturated carbocycles. The molecule has 1 aromatic heterocycles. The summed E-state index contributed by atoms with van der Waals surface area (Å²) in [7, 11) is 0. The number of rotatable bonds is 1. The molecule has 0 atom stereocenters. The minimum absolute atomic E-state index is 0.962. The lowest BCUT2D eigenvalue weighted by Crippen LogP contribution is -1.85. The second-order valence-electron chi connectivity index (χ2n) is 3.32. The van der Waals surface area contributed by atoms with Crippen molar-refractivity contribution in [3.63, 3.8) is 0 Å². The van der Waals surface area contributed by atoms with Gasteiger partial charge < -0.3 is 0 Å².